The Morgan fingerprint density at radius 1 is 0.578 bits per heavy atom. The molecule has 0 unspecified atom stereocenters. The van der Waals surface area contributed by atoms with Crippen LogP contribution in [0.1, 0.15) is 198 Å². The van der Waals surface area contributed by atoms with E-state index in [1.807, 2.05) is 49.6 Å². The molecule has 90 heavy (non-hydrogen) atoms. The third-order valence-electron chi connectivity index (χ3n) is 16.2. The molecular weight excluding hydrogens is 1210 g/mol. The number of nitrogens with one attached hydrogen (secondary N) is 2. The summed E-state index contributed by atoms with van der Waals surface area (Å²) in [5, 5.41) is 11.7. The topological polar surface area (TPSA) is 221 Å². The van der Waals surface area contributed by atoms with Gasteiger partial charge in [-0.05, 0) is 119 Å². The van der Waals surface area contributed by atoms with Gasteiger partial charge >= 0.3 is 5.97 Å². The van der Waals surface area contributed by atoms with Crippen molar-refractivity contribution in [3.8, 4) is 0 Å². The summed E-state index contributed by atoms with van der Waals surface area (Å²) in [7, 11) is 5.23. The summed E-state index contributed by atoms with van der Waals surface area (Å²) < 4.78 is 22.7. The number of piperidine rings is 3. The molecule has 3 aromatic heterocycles. The maximum atomic E-state index is 12.6. The van der Waals surface area contributed by atoms with Crippen LogP contribution in [0.15, 0.2) is 72.8 Å². The summed E-state index contributed by atoms with van der Waals surface area (Å²) in [6.07, 6.45) is 11.8. The zero-order valence-corrected chi connectivity index (χ0v) is 54.0. The van der Waals surface area contributed by atoms with E-state index in [-0.39, 0.29) is 120 Å². The third kappa shape index (κ3) is 26.8. The van der Waals surface area contributed by atoms with E-state index in [0.29, 0.717) is 44.2 Å². The third-order valence-corrected chi connectivity index (χ3v) is 16.2. The number of fused-ring (bicyclic) bond motifs is 3. The van der Waals surface area contributed by atoms with Crippen molar-refractivity contribution in [2.75, 3.05) is 93.5 Å². The van der Waals surface area contributed by atoms with E-state index in [0.717, 1.165) is 164 Å². The van der Waals surface area contributed by atoms with Crippen molar-refractivity contribution in [3.05, 3.63) is 96.0 Å². The first-order valence-electron chi connectivity index (χ1n) is 30.5. The van der Waals surface area contributed by atoms with Crippen LogP contribution < -0.4 is 11.1 Å². The van der Waals surface area contributed by atoms with Crippen LogP contribution in [0.5, 0.6) is 0 Å². The number of carbonyl (C=O) groups is 3. The average molecular weight is 1330 g/mol. The molecule has 5 N–H and O–H groups in total. The van der Waals surface area contributed by atoms with Gasteiger partial charge in [0, 0.05) is 163 Å². The molecule has 18 nitrogen and oxygen atoms in total. The van der Waals surface area contributed by atoms with Crippen LogP contribution in [-0.2, 0) is 80.9 Å². The molecule has 3 aromatic carbocycles. The Morgan fingerprint density at radius 3 is 1.27 bits per heavy atom. The Hall–Kier alpha value is -4.66. The number of rotatable bonds is 24. The summed E-state index contributed by atoms with van der Waals surface area (Å²) in [4.78, 5) is 54.0. The number of hydrogen-bond acceptors (Lipinski definition) is 11. The number of carbonyl (C=O) groups excluding carboxylic acids is 2. The van der Waals surface area contributed by atoms with Crippen molar-refractivity contribution in [3.63, 3.8) is 0 Å². The van der Waals surface area contributed by atoms with E-state index in [4.69, 9.17) is 45.7 Å². The summed E-state index contributed by atoms with van der Waals surface area (Å²) in [5.41, 5.74) is 19.9. The number of benzene rings is 3. The Bertz CT molecular complexity index is 2720. The maximum absolute atomic E-state index is 12.6. The summed E-state index contributed by atoms with van der Waals surface area (Å²) >= 11 is 0. The van der Waals surface area contributed by atoms with Crippen molar-refractivity contribution in [1.29, 1.82) is 0 Å². The number of nitrogens with two attached hydrogens (primary N) is 1. The van der Waals surface area contributed by atoms with E-state index in [1.54, 1.807) is 21.3 Å². The van der Waals surface area contributed by atoms with E-state index in [1.165, 1.54) is 29.7 Å². The van der Waals surface area contributed by atoms with Crippen molar-refractivity contribution in [1.82, 2.24) is 43.8 Å². The van der Waals surface area contributed by atoms with Crippen molar-refractivity contribution in [2.45, 2.75) is 201 Å². The number of imidazole rings is 3. The van der Waals surface area contributed by atoms with E-state index in [2.05, 4.69) is 79.7 Å². The molecule has 3 saturated heterocycles. The predicted molar refractivity (Wildman–Crippen MR) is 375 cm³/mol. The van der Waals surface area contributed by atoms with Crippen molar-refractivity contribution in [2.24, 2.45) is 23.5 Å². The van der Waals surface area contributed by atoms with E-state index in [9.17, 15) is 14.4 Å². The number of para-hydroxylation sites is 6. The number of likely N-dealkylation sites (tertiary alicyclic amines) is 2. The number of carboxylic acid groups (broad SMARTS) is 1. The molecule has 0 aliphatic carbocycles. The van der Waals surface area contributed by atoms with E-state index >= 15 is 0 Å². The molecule has 511 valence electrons. The minimum atomic E-state index is -0.695. The van der Waals surface area contributed by atoms with Gasteiger partial charge in [-0.3, -0.25) is 14.4 Å². The van der Waals surface area contributed by atoms with Gasteiger partial charge in [0.2, 0.25) is 11.8 Å². The number of nitrogens with zero attached hydrogens (tertiary/aromatic N) is 8. The average Bonchev–Trinajstić information content (AvgIpc) is 1.95. The van der Waals surface area contributed by atoms with Crippen molar-refractivity contribution >= 4 is 50.9 Å². The monoisotopic (exact) mass is 1330 g/mol. The summed E-state index contributed by atoms with van der Waals surface area (Å²) in [6, 6.07) is 25.0. The molecule has 1 radical (unpaired) electrons. The first-order chi connectivity index (χ1) is 39.8. The molecule has 0 saturated carbocycles. The van der Waals surface area contributed by atoms with Crippen LogP contribution in [0.4, 0.5) is 0 Å². The zero-order valence-electron chi connectivity index (χ0n) is 51.1. The van der Waals surface area contributed by atoms with Crippen LogP contribution >= 0.6 is 0 Å². The Labute approximate surface area is 571 Å². The molecule has 3 aliphatic heterocycles. The van der Waals surface area contributed by atoms with Gasteiger partial charge in [-0.25, -0.2) is 15.0 Å². The van der Waals surface area contributed by atoms with Crippen LogP contribution in [0.2, 0.25) is 0 Å². The second-order valence-electron chi connectivity index (χ2n) is 22.9. The van der Waals surface area contributed by atoms with Gasteiger partial charge in [0.1, 0.15) is 17.5 Å². The quantitative estimate of drug-likeness (QED) is 0.0482. The minimum absolute atomic E-state index is 0. The molecule has 2 amide bonds. The van der Waals surface area contributed by atoms with Gasteiger partial charge in [0.25, 0.3) is 0 Å². The Kier molecular flexibility index (Phi) is 47.9. The number of amides is 2. The van der Waals surface area contributed by atoms with Crippen molar-refractivity contribution < 1.29 is 66.4 Å². The number of aryl methyl sites for hydroxylation is 3. The van der Waals surface area contributed by atoms with Crippen LogP contribution in [0.25, 0.3) is 38.8 Å². The fourth-order valence-corrected chi connectivity index (χ4v) is 11.4. The van der Waals surface area contributed by atoms with E-state index < -0.39 is 5.97 Å². The Balaban J connectivity index is -0.00000115. The van der Waals surface area contributed by atoms with Gasteiger partial charge in [-0.2, -0.15) is 0 Å². The number of aliphatic carboxylic acids is 1. The molecular formula is C71H126N11O7Y-. The fourth-order valence-electron chi connectivity index (χ4n) is 11.4. The molecule has 6 aromatic rings. The minimum Gasteiger partial charge on any atom is -0.677 e. The normalized spacial score (nSPS) is 16.8. The number of carboxylic acids is 1. The summed E-state index contributed by atoms with van der Waals surface area (Å²) in [5.74, 6) is 4.93. The number of ether oxygens (including phenoxy) is 3. The van der Waals surface area contributed by atoms with Gasteiger partial charge in [0.15, 0.2) is 0 Å². The van der Waals surface area contributed by atoms with Crippen LogP contribution in [-0.4, -0.2) is 155 Å². The number of hydrogen-bond donors (Lipinski definition) is 3. The maximum Gasteiger partial charge on any atom is 0.303 e. The molecule has 6 atom stereocenters. The molecule has 6 heterocycles. The summed E-state index contributed by atoms with van der Waals surface area (Å²) in [6.45, 7) is 19.2. The molecule has 19 heteroatoms. The molecule has 0 spiro atoms. The molecule has 3 aliphatic rings. The fraction of sp³-hybridized carbons (Fsp3) is 0.662. The first-order valence-corrected chi connectivity index (χ1v) is 30.5. The van der Waals surface area contributed by atoms with Gasteiger partial charge in [0.05, 0.1) is 33.1 Å². The molecule has 9 rings (SSSR count). The van der Waals surface area contributed by atoms with Gasteiger partial charge in [-0.15, -0.1) is 6.54 Å². The largest absolute Gasteiger partial charge is 0.677 e. The second kappa shape index (κ2) is 48.1. The molecule has 3 fully saturated rings. The number of methoxy groups -OCH3 is 3. The van der Waals surface area contributed by atoms with Gasteiger partial charge < -0.3 is 59.6 Å². The van der Waals surface area contributed by atoms with Crippen LogP contribution in [0, 0.1) is 17.8 Å². The molecule has 0 bridgehead atoms. The SMILES string of the molecule is C.C.C.C.C.C.C.CC[C@@H](C)CC(=O)O.COCCCn1c([C@@H]2CCCN(C(=O)C[C@H](C)CN)C2)nc2ccccc21.COCCCn1c([C@@H]2CCCN(C(=O)C[C@H](C)C[NH-])C2)nc2ccccc21.COCCCn1c([C@@H]2CCCNC2)nc2ccccc21.[Y]. The second-order valence-corrected chi connectivity index (χ2v) is 22.9. The predicted octanol–water partition coefficient (Wildman–Crippen LogP) is 15.1. The van der Waals surface area contributed by atoms with Crippen LogP contribution in [0.3, 0.4) is 0 Å². The number of aromatic nitrogens is 6. The smallest absolute Gasteiger partial charge is 0.303 e. The van der Waals surface area contributed by atoms with Gasteiger partial charge in [-0.1, -0.05) is 128 Å². The Morgan fingerprint density at radius 2 is 0.944 bits per heavy atom. The first kappa shape index (κ1) is 89.5. The zero-order chi connectivity index (χ0) is 58.8. The standard InChI is InChI=1S/C21H32N4O2.C21H31N4O2.C16H23N3O.C6H12O2.7CH4.Y/c2*1-16(14-22)13-20(26)24-10-5-7-17(15-24)21-23-18-8-3-4-9-19(18)25(21)11-6-12-27-2;1-20-11-5-10-19-15-8-3-2-7-14(15)18-16(19)13-6-4-9-17-12-13;1-3-5(2)4-6(7)8;;;;;;;;/h3-4,8-9,16-17H,5-7,10-15,22H2,1-2H3;3-4,8-9,16-17,22H,5-7,10-15H2,1-2H3;2-3,7-8,13,17H,4-6,9-12H2,1H3;5H,3-4H2,1-2H3,(H,7,8);7*1H4;/q;-1;;;;;;;;;;/t2*16-,17+;13-;5-;;;;;;;;/m0011......../s1.